The van der Waals surface area contributed by atoms with Gasteiger partial charge in [-0.15, -0.1) is 34.0 Å². The molecule has 0 saturated carbocycles. The lowest BCUT2D eigenvalue weighted by Crippen LogP contribution is -3.00. The Bertz CT molecular complexity index is 252. The van der Waals surface area contributed by atoms with Gasteiger partial charge in [0.05, 0.1) is 19.6 Å². The summed E-state index contributed by atoms with van der Waals surface area (Å²) in [5.74, 6) is 0. The van der Waals surface area contributed by atoms with E-state index in [0.717, 1.165) is 0 Å². The molecule has 1 rings (SSSR count). The van der Waals surface area contributed by atoms with Crippen LogP contribution in [0.2, 0.25) is 0 Å². The number of rotatable bonds is 5. The van der Waals surface area contributed by atoms with Gasteiger partial charge in [0.15, 0.2) is 0 Å². The number of nitrogens with zero attached hydrogens (tertiary/aromatic N) is 1. The molecule has 102 valence electrons. The third-order valence-electron chi connectivity index (χ3n) is 3.37. The molecular formula is C13H24Br3N. The molecule has 0 spiro atoms. The van der Waals surface area contributed by atoms with E-state index in [1.165, 1.54) is 36.2 Å². The zero-order valence-corrected chi connectivity index (χ0v) is 15.9. The number of hydrogen-bond acceptors (Lipinski definition) is 0. The molecule has 0 fully saturated rings. The summed E-state index contributed by atoms with van der Waals surface area (Å²) < 4.78 is 1.20. The fourth-order valence-electron chi connectivity index (χ4n) is 1.98. The van der Waals surface area contributed by atoms with Crippen LogP contribution in [-0.2, 0) is 6.54 Å². The molecule has 0 unspecified atom stereocenters. The predicted octanol–water partition coefficient (Wildman–Crippen LogP) is 1.22. The van der Waals surface area contributed by atoms with Gasteiger partial charge in [-0.1, -0.05) is 30.3 Å². The Morgan fingerprint density at radius 1 is 0.824 bits per heavy atom. The van der Waals surface area contributed by atoms with Gasteiger partial charge >= 0.3 is 0 Å². The van der Waals surface area contributed by atoms with Crippen molar-refractivity contribution in [3.8, 4) is 0 Å². The molecule has 1 aromatic carbocycles. The van der Waals surface area contributed by atoms with Crippen molar-refractivity contribution in [2.45, 2.75) is 27.3 Å². The number of benzene rings is 1. The van der Waals surface area contributed by atoms with Gasteiger partial charge in [-0.25, -0.2) is 0 Å². The molecule has 1 nitrogen and oxygen atoms in total. The minimum absolute atomic E-state index is 0. The summed E-state index contributed by atoms with van der Waals surface area (Å²) >= 11 is 0. The maximum absolute atomic E-state index is 2.29. The zero-order valence-electron chi connectivity index (χ0n) is 10.9. The largest absolute Gasteiger partial charge is 1.00 e. The average Bonchev–Trinajstić information content (AvgIpc) is 2.28. The minimum atomic E-state index is 0. The van der Waals surface area contributed by atoms with Crippen LogP contribution in [0.4, 0.5) is 0 Å². The molecule has 1 aromatic rings. The number of quaternary nitrogens is 1. The van der Waals surface area contributed by atoms with Crippen LogP contribution in [0, 0.1) is 0 Å². The summed E-state index contributed by atoms with van der Waals surface area (Å²) in [5.41, 5.74) is 1.46. The summed E-state index contributed by atoms with van der Waals surface area (Å²) in [5, 5.41) is 0. The average molecular weight is 434 g/mol. The van der Waals surface area contributed by atoms with E-state index in [2.05, 4.69) is 51.1 Å². The van der Waals surface area contributed by atoms with E-state index in [1.807, 2.05) is 0 Å². The molecule has 0 aliphatic rings. The molecule has 4 heteroatoms. The molecule has 0 amide bonds. The standard InChI is InChI=1S/C13H22N.3BrH/c1-4-14(5-2,6-3)12-13-10-8-7-9-11-13;;;/h7-11H,4-6,12H2,1-3H3;3*1H/q+1;;;/p-1. The Balaban J connectivity index is -0.000000653. The summed E-state index contributed by atoms with van der Waals surface area (Å²) in [4.78, 5) is 0. The van der Waals surface area contributed by atoms with Crippen LogP contribution >= 0.6 is 34.0 Å². The lowest BCUT2D eigenvalue weighted by molar-refractivity contribution is -0.936. The molecule has 0 bridgehead atoms. The Morgan fingerprint density at radius 2 is 1.24 bits per heavy atom. The van der Waals surface area contributed by atoms with Crippen molar-refractivity contribution in [1.82, 2.24) is 0 Å². The first kappa shape index (κ1) is 22.8. The predicted molar refractivity (Wildman–Crippen MR) is 82.7 cm³/mol. The maximum Gasteiger partial charge on any atom is 0.104 e. The normalized spacial score (nSPS) is 9.59. The first-order chi connectivity index (χ1) is 6.76. The Hall–Kier alpha value is 0.620. The van der Waals surface area contributed by atoms with Crippen molar-refractivity contribution < 1.29 is 21.5 Å². The second-order valence-corrected chi connectivity index (χ2v) is 3.93. The highest BCUT2D eigenvalue weighted by atomic mass is 79.9. The van der Waals surface area contributed by atoms with Gasteiger partial charge in [0.1, 0.15) is 6.54 Å². The van der Waals surface area contributed by atoms with Crippen LogP contribution in [-0.4, -0.2) is 24.1 Å². The van der Waals surface area contributed by atoms with Crippen LogP contribution in [0.1, 0.15) is 26.3 Å². The Labute approximate surface area is 137 Å². The summed E-state index contributed by atoms with van der Waals surface area (Å²) in [6, 6.07) is 10.8. The van der Waals surface area contributed by atoms with E-state index in [4.69, 9.17) is 0 Å². The van der Waals surface area contributed by atoms with Gasteiger partial charge in [0.2, 0.25) is 0 Å². The smallest absolute Gasteiger partial charge is 0.104 e. The fraction of sp³-hybridized carbons (Fsp3) is 0.538. The highest BCUT2D eigenvalue weighted by molar-refractivity contribution is 8.93. The number of halogens is 3. The van der Waals surface area contributed by atoms with E-state index >= 15 is 0 Å². The molecule has 0 aromatic heterocycles. The van der Waals surface area contributed by atoms with Gasteiger partial charge in [0, 0.05) is 5.56 Å². The first-order valence-electron chi connectivity index (χ1n) is 5.65. The highest BCUT2D eigenvalue weighted by Crippen LogP contribution is 2.13. The van der Waals surface area contributed by atoms with Crippen molar-refractivity contribution in [2.75, 3.05) is 19.6 Å². The van der Waals surface area contributed by atoms with Crippen LogP contribution in [0.5, 0.6) is 0 Å². The third-order valence-corrected chi connectivity index (χ3v) is 3.37. The van der Waals surface area contributed by atoms with Crippen molar-refractivity contribution in [1.29, 1.82) is 0 Å². The molecule has 0 saturated heterocycles. The van der Waals surface area contributed by atoms with Gasteiger partial charge in [-0.05, 0) is 20.8 Å². The van der Waals surface area contributed by atoms with E-state index in [-0.39, 0.29) is 50.9 Å². The first-order valence-corrected chi connectivity index (χ1v) is 5.65. The van der Waals surface area contributed by atoms with Crippen molar-refractivity contribution in [3.05, 3.63) is 35.9 Å². The zero-order chi connectivity index (χ0) is 10.4. The molecule has 17 heavy (non-hydrogen) atoms. The molecule has 0 N–H and O–H groups in total. The fourth-order valence-corrected chi connectivity index (χ4v) is 1.98. The summed E-state index contributed by atoms with van der Waals surface area (Å²) in [6.45, 7) is 11.7. The van der Waals surface area contributed by atoms with E-state index in [9.17, 15) is 0 Å². The van der Waals surface area contributed by atoms with Crippen molar-refractivity contribution in [2.24, 2.45) is 0 Å². The second kappa shape index (κ2) is 11.7. The maximum atomic E-state index is 2.29. The van der Waals surface area contributed by atoms with Gasteiger partial charge in [0.25, 0.3) is 0 Å². The minimum Gasteiger partial charge on any atom is -1.00 e. The monoisotopic (exact) mass is 431 g/mol. The van der Waals surface area contributed by atoms with Crippen LogP contribution in [0.15, 0.2) is 30.3 Å². The lowest BCUT2D eigenvalue weighted by atomic mass is 10.2. The van der Waals surface area contributed by atoms with E-state index in [1.54, 1.807) is 0 Å². The van der Waals surface area contributed by atoms with Crippen molar-refractivity contribution in [3.63, 3.8) is 0 Å². The summed E-state index contributed by atoms with van der Waals surface area (Å²) in [6.07, 6.45) is 0. The Kier molecular flexibility index (Phi) is 15.7. The van der Waals surface area contributed by atoms with Crippen LogP contribution in [0.25, 0.3) is 0 Å². The highest BCUT2D eigenvalue weighted by Gasteiger charge is 2.20. The lowest BCUT2D eigenvalue weighted by Gasteiger charge is -2.35. The van der Waals surface area contributed by atoms with E-state index < -0.39 is 0 Å². The molecule has 0 heterocycles. The molecule has 0 aliphatic carbocycles. The van der Waals surface area contributed by atoms with Gasteiger partial charge < -0.3 is 21.5 Å². The van der Waals surface area contributed by atoms with Crippen molar-refractivity contribution >= 4 is 34.0 Å². The molecule has 0 radical (unpaired) electrons. The molecular weight excluding hydrogens is 410 g/mol. The Morgan fingerprint density at radius 3 is 1.59 bits per heavy atom. The quantitative estimate of drug-likeness (QED) is 0.612. The van der Waals surface area contributed by atoms with E-state index in [0.29, 0.717) is 0 Å². The van der Waals surface area contributed by atoms with Gasteiger partial charge in [-0.2, -0.15) is 0 Å². The van der Waals surface area contributed by atoms with Crippen LogP contribution < -0.4 is 17.0 Å². The molecule has 0 atom stereocenters. The van der Waals surface area contributed by atoms with Crippen LogP contribution in [0.3, 0.4) is 0 Å². The van der Waals surface area contributed by atoms with Gasteiger partial charge in [-0.3, -0.25) is 0 Å². The molecule has 0 aliphatic heterocycles. The number of hydrogen-bond donors (Lipinski definition) is 0. The topological polar surface area (TPSA) is 0 Å². The second-order valence-electron chi connectivity index (χ2n) is 3.93. The third kappa shape index (κ3) is 6.94. The SMILES string of the molecule is Br.Br.CC[N+](CC)(CC)Cc1ccccc1.[Br-]. The summed E-state index contributed by atoms with van der Waals surface area (Å²) in [7, 11) is 0.